The number of amides is 1. The maximum Gasteiger partial charge on any atom is 0.263 e. The minimum absolute atomic E-state index is 0.243. The van der Waals surface area contributed by atoms with Gasteiger partial charge in [0.25, 0.3) is 5.56 Å². The van der Waals surface area contributed by atoms with E-state index in [0.29, 0.717) is 38.9 Å². The highest BCUT2D eigenvalue weighted by Gasteiger charge is 2.24. The van der Waals surface area contributed by atoms with Gasteiger partial charge in [-0.05, 0) is 43.5 Å². The Hall–Kier alpha value is -1.89. The van der Waals surface area contributed by atoms with Gasteiger partial charge in [0, 0.05) is 21.3 Å². The first-order valence-corrected chi connectivity index (χ1v) is 10.1. The summed E-state index contributed by atoms with van der Waals surface area (Å²) in [6.07, 6.45) is 0.687. The molecular formula is C19H19Cl2N3O2S. The molecule has 0 bridgehead atoms. The number of thiophene rings is 1. The van der Waals surface area contributed by atoms with Crippen LogP contribution in [0.3, 0.4) is 0 Å². The number of nitrogens with zero attached hydrogens (tertiary/aromatic N) is 2. The average Bonchev–Trinajstić information content (AvgIpc) is 2.87. The fourth-order valence-corrected chi connectivity index (χ4v) is 4.65. The van der Waals surface area contributed by atoms with Crippen LogP contribution in [0.25, 0.3) is 10.2 Å². The Kier molecular flexibility index (Phi) is 5.60. The zero-order chi connectivity index (χ0) is 19.9. The first kappa shape index (κ1) is 19.9. The minimum atomic E-state index is -0.768. The Balaban J connectivity index is 2.29. The molecule has 2 aromatic heterocycles. The van der Waals surface area contributed by atoms with Crippen LogP contribution in [0.15, 0.2) is 23.0 Å². The number of nitrogens with two attached hydrogens (primary N) is 1. The zero-order valence-electron chi connectivity index (χ0n) is 15.2. The highest BCUT2D eigenvalue weighted by Crippen LogP contribution is 2.29. The van der Waals surface area contributed by atoms with Crippen LogP contribution in [0.5, 0.6) is 0 Å². The summed E-state index contributed by atoms with van der Waals surface area (Å²) in [5.74, 6) is -0.0996. The molecule has 2 heterocycles. The van der Waals surface area contributed by atoms with Crippen LogP contribution in [0, 0.1) is 13.8 Å². The van der Waals surface area contributed by atoms with E-state index in [-0.39, 0.29) is 5.56 Å². The Bertz CT molecular complexity index is 1100. The fraction of sp³-hybridized carbons (Fsp3) is 0.316. The first-order chi connectivity index (χ1) is 12.7. The molecule has 0 spiro atoms. The van der Waals surface area contributed by atoms with Gasteiger partial charge in [-0.15, -0.1) is 11.3 Å². The zero-order valence-corrected chi connectivity index (χ0v) is 17.5. The van der Waals surface area contributed by atoms with E-state index in [1.165, 1.54) is 15.9 Å². The standard InChI is InChI=1S/C19H19Cl2N3O2S/c1-4-14(17(22)25)24-15(7-11-5-6-12(20)8-13(11)21)23-18-16(19(24)26)9(2)10(3)27-18/h5-6,8,14H,4,7H2,1-3H3,(H2,22,25). The number of carbonyl (C=O) groups is 1. The molecule has 0 fully saturated rings. The van der Waals surface area contributed by atoms with Gasteiger partial charge in [-0.1, -0.05) is 36.2 Å². The molecular weight excluding hydrogens is 405 g/mol. The van der Waals surface area contributed by atoms with Crippen LogP contribution in [0.4, 0.5) is 0 Å². The van der Waals surface area contributed by atoms with Crippen molar-refractivity contribution < 1.29 is 4.79 Å². The lowest BCUT2D eigenvalue weighted by Gasteiger charge is -2.19. The van der Waals surface area contributed by atoms with Crippen LogP contribution in [-0.2, 0) is 11.2 Å². The molecule has 1 unspecified atom stereocenters. The van der Waals surface area contributed by atoms with Crippen molar-refractivity contribution in [1.29, 1.82) is 0 Å². The third kappa shape index (κ3) is 3.61. The summed E-state index contributed by atoms with van der Waals surface area (Å²) in [6.45, 7) is 5.66. The topological polar surface area (TPSA) is 78.0 Å². The van der Waals surface area contributed by atoms with Gasteiger partial charge in [-0.25, -0.2) is 4.98 Å². The van der Waals surface area contributed by atoms with Crippen molar-refractivity contribution in [2.45, 2.75) is 39.7 Å². The molecule has 0 saturated carbocycles. The summed E-state index contributed by atoms with van der Waals surface area (Å²) < 4.78 is 1.43. The van der Waals surface area contributed by atoms with Gasteiger partial charge in [0.1, 0.15) is 16.7 Å². The molecule has 2 N–H and O–H groups in total. The average molecular weight is 424 g/mol. The summed E-state index contributed by atoms with van der Waals surface area (Å²) in [7, 11) is 0. The molecule has 0 radical (unpaired) electrons. The number of hydrogen-bond acceptors (Lipinski definition) is 4. The smallest absolute Gasteiger partial charge is 0.263 e. The number of halogens is 2. The molecule has 5 nitrogen and oxygen atoms in total. The quantitative estimate of drug-likeness (QED) is 0.659. The highest BCUT2D eigenvalue weighted by molar-refractivity contribution is 7.18. The number of rotatable bonds is 5. The van der Waals surface area contributed by atoms with Crippen LogP contribution in [0.2, 0.25) is 10.0 Å². The number of primary amides is 1. The molecule has 1 atom stereocenters. The lowest BCUT2D eigenvalue weighted by atomic mass is 10.1. The van der Waals surface area contributed by atoms with Crippen LogP contribution < -0.4 is 11.3 Å². The Morgan fingerprint density at radius 1 is 1.33 bits per heavy atom. The lowest BCUT2D eigenvalue weighted by molar-refractivity contribution is -0.121. The van der Waals surface area contributed by atoms with E-state index >= 15 is 0 Å². The van der Waals surface area contributed by atoms with Crippen LogP contribution in [0.1, 0.15) is 41.2 Å². The van der Waals surface area contributed by atoms with E-state index in [0.717, 1.165) is 16.0 Å². The molecule has 0 saturated heterocycles. The molecule has 142 valence electrons. The molecule has 0 aliphatic rings. The second-order valence-electron chi connectivity index (χ2n) is 6.41. The van der Waals surface area contributed by atoms with Gasteiger partial charge >= 0.3 is 0 Å². The molecule has 0 aliphatic heterocycles. The monoisotopic (exact) mass is 423 g/mol. The van der Waals surface area contributed by atoms with E-state index in [1.807, 2.05) is 20.8 Å². The normalized spacial score (nSPS) is 12.5. The van der Waals surface area contributed by atoms with Gasteiger partial charge in [-0.2, -0.15) is 0 Å². The predicted octanol–water partition coefficient (Wildman–Crippen LogP) is 4.41. The van der Waals surface area contributed by atoms with Crippen molar-refractivity contribution in [1.82, 2.24) is 9.55 Å². The Labute approximate surface area is 170 Å². The fourth-order valence-electron chi connectivity index (χ4n) is 3.14. The number of hydrogen-bond donors (Lipinski definition) is 1. The van der Waals surface area contributed by atoms with E-state index in [2.05, 4.69) is 0 Å². The van der Waals surface area contributed by atoms with E-state index in [9.17, 15) is 9.59 Å². The van der Waals surface area contributed by atoms with Gasteiger partial charge in [-0.3, -0.25) is 14.2 Å². The number of aryl methyl sites for hydroxylation is 2. The Morgan fingerprint density at radius 3 is 2.63 bits per heavy atom. The molecule has 8 heteroatoms. The first-order valence-electron chi connectivity index (χ1n) is 8.48. The van der Waals surface area contributed by atoms with Crippen LogP contribution in [-0.4, -0.2) is 15.5 Å². The lowest BCUT2D eigenvalue weighted by Crippen LogP contribution is -2.36. The van der Waals surface area contributed by atoms with Crippen molar-refractivity contribution in [3.63, 3.8) is 0 Å². The van der Waals surface area contributed by atoms with Gasteiger partial charge < -0.3 is 5.73 Å². The number of carbonyl (C=O) groups excluding carboxylic acids is 1. The largest absolute Gasteiger partial charge is 0.368 e. The third-order valence-electron chi connectivity index (χ3n) is 4.70. The molecule has 1 aromatic carbocycles. The second-order valence-corrected chi connectivity index (χ2v) is 8.45. The SMILES string of the molecule is CCC(C(N)=O)n1c(Cc2ccc(Cl)cc2Cl)nc2sc(C)c(C)c2c1=O. The molecule has 1 amide bonds. The van der Waals surface area contributed by atoms with E-state index in [1.54, 1.807) is 18.2 Å². The van der Waals surface area contributed by atoms with E-state index in [4.69, 9.17) is 33.9 Å². The summed E-state index contributed by atoms with van der Waals surface area (Å²) in [4.78, 5) is 31.7. The van der Waals surface area contributed by atoms with Crippen molar-refractivity contribution >= 4 is 50.7 Å². The third-order valence-corrected chi connectivity index (χ3v) is 6.39. The van der Waals surface area contributed by atoms with Crippen molar-refractivity contribution in [2.24, 2.45) is 5.73 Å². The highest BCUT2D eigenvalue weighted by atomic mass is 35.5. The summed E-state index contributed by atoms with van der Waals surface area (Å²) in [5.41, 5.74) is 6.99. The molecule has 27 heavy (non-hydrogen) atoms. The summed E-state index contributed by atoms with van der Waals surface area (Å²) in [5, 5.41) is 1.55. The number of fused-ring (bicyclic) bond motifs is 1. The minimum Gasteiger partial charge on any atom is -0.368 e. The van der Waals surface area contributed by atoms with Crippen molar-refractivity contribution in [3.05, 3.63) is 60.4 Å². The molecule has 0 aliphatic carbocycles. The maximum absolute atomic E-state index is 13.3. The van der Waals surface area contributed by atoms with E-state index < -0.39 is 11.9 Å². The second kappa shape index (κ2) is 7.62. The Morgan fingerprint density at radius 2 is 2.04 bits per heavy atom. The van der Waals surface area contributed by atoms with Gasteiger partial charge in [0.2, 0.25) is 5.91 Å². The number of benzene rings is 1. The summed E-state index contributed by atoms with van der Waals surface area (Å²) >= 11 is 13.7. The predicted molar refractivity (Wildman–Crippen MR) is 111 cm³/mol. The maximum atomic E-state index is 13.3. The van der Waals surface area contributed by atoms with Crippen molar-refractivity contribution in [2.75, 3.05) is 0 Å². The molecule has 3 aromatic rings. The van der Waals surface area contributed by atoms with Crippen molar-refractivity contribution in [3.8, 4) is 0 Å². The number of aromatic nitrogens is 2. The molecule has 3 rings (SSSR count). The summed E-state index contributed by atoms with van der Waals surface area (Å²) in [6, 6.07) is 4.40. The van der Waals surface area contributed by atoms with Crippen LogP contribution >= 0.6 is 34.5 Å². The van der Waals surface area contributed by atoms with Gasteiger partial charge in [0.05, 0.1) is 5.39 Å². The van der Waals surface area contributed by atoms with Gasteiger partial charge in [0.15, 0.2) is 0 Å².